The molecule has 0 aliphatic rings. The molecule has 0 unspecified atom stereocenters. The third kappa shape index (κ3) is 15.3. The van der Waals surface area contributed by atoms with Gasteiger partial charge in [-0.3, -0.25) is 15.0 Å². The summed E-state index contributed by atoms with van der Waals surface area (Å²) < 4.78 is 0. The zero-order valence-electron chi connectivity index (χ0n) is 70.5. The molecular weight excluding hydrogens is 1580 g/mol. The number of nitrogens with zero attached hydrogens (tertiary/aromatic N) is 9. The van der Waals surface area contributed by atoms with Gasteiger partial charge in [0, 0.05) is 89.9 Å². The summed E-state index contributed by atoms with van der Waals surface area (Å²) in [5.74, 6) is 1.92. The van der Waals surface area contributed by atoms with Crippen LogP contribution in [0.1, 0.15) is 0 Å². The monoisotopic (exact) mass is 1660 g/mol. The summed E-state index contributed by atoms with van der Waals surface area (Å²) in [6, 6.07) is 158. The second kappa shape index (κ2) is 33.8. The SMILES string of the molecule is c1ccc(-c2ccc(-c3nc(-c4ccc(-c5cccc6ccccc56)cc4)nc(-c4ccc(-c5cccc6ccccc56)cc4)n3)cc2)cc1.c1ccc(-c2ccc3c(-c4ccc(-c5cccc6cccnc56)cc4)cc(-c4ccc5ccccc5c4)nc3c2)cc1.c1cnc2c(c1)ccc1ccc(-c3ccc4ccc(-c5ccc6ccc7cccnc7c6n5)cc4c3)nc12. The van der Waals surface area contributed by atoms with Gasteiger partial charge in [0.2, 0.25) is 0 Å². The Kier molecular flexibility index (Phi) is 20.1. The summed E-state index contributed by atoms with van der Waals surface area (Å²) >= 11 is 0. The van der Waals surface area contributed by atoms with Crippen LogP contribution in [0.25, 0.3) is 243 Å². The van der Waals surface area contributed by atoms with E-state index in [0.29, 0.717) is 17.5 Å². The van der Waals surface area contributed by atoms with Crippen molar-refractivity contribution < 1.29 is 0 Å². The molecule has 606 valence electrons. The van der Waals surface area contributed by atoms with Crippen molar-refractivity contribution in [3.05, 3.63) is 468 Å². The first kappa shape index (κ1) is 77.3. The Morgan fingerprint density at radius 3 is 0.962 bits per heavy atom. The summed E-state index contributed by atoms with van der Waals surface area (Å²) in [6.07, 6.45) is 5.52. The minimum atomic E-state index is 0.639. The Hall–Kier alpha value is -17.5. The van der Waals surface area contributed by atoms with Crippen molar-refractivity contribution in [2.75, 3.05) is 0 Å². The molecule has 25 aromatic rings. The molecule has 9 nitrogen and oxygen atoms in total. The fraction of sp³-hybridized carbons (Fsp3) is 0. The molecule has 0 aliphatic carbocycles. The molecule has 0 saturated carbocycles. The molecule has 0 saturated heterocycles. The number of para-hydroxylation sites is 1. The van der Waals surface area contributed by atoms with Crippen LogP contribution in [-0.2, 0) is 0 Å². The quantitative estimate of drug-likeness (QED) is 0.110. The first-order chi connectivity index (χ1) is 64.4. The van der Waals surface area contributed by atoms with Gasteiger partial charge in [-0.05, 0) is 165 Å². The van der Waals surface area contributed by atoms with Gasteiger partial charge in [-0.15, -0.1) is 0 Å². The lowest BCUT2D eigenvalue weighted by Crippen LogP contribution is -2.00. The second-order valence-corrected chi connectivity index (χ2v) is 32.7. The number of hydrogen-bond acceptors (Lipinski definition) is 9. The van der Waals surface area contributed by atoms with E-state index in [1.165, 1.54) is 65.5 Å². The zero-order chi connectivity index (χ0) is 86.2. The Balaban J connectivity index is 0.000000112. The van der Waals surface area contributed by atoms with Crippen molar-refractivity contribution in [3.8, 4) is 135 Å². The normalized spacial score (nSPS) is 11.4. The van der Waals surface area contributed by atoms with E-state index in [1.54, 1.807) is 0 Å². The van der Waals surface area contributed by atoms with Gasteiger partial charge in [-0.25, -0.2) is 29.9 Å². The van der Waals surface area contributed by atoms with Crippen LogP contribution in [0.3, 0.4) is 0 Å². The molecule has 0 fully saturated rings. The molecule has 130 heavy (non-hydrogen) atoms. The van der Waals surface area contributed by atoms with Crippen LogP contribution in [0.2, 0.25) is 0 Å². The van der Waals surface area contributed by atoms with Gasteiger partial charge in [0.05, 0.1) is 50.2 Å². The van der Waals surface area contributed by atoms with Gasteiger partial charge in [-0.1, -0.05) is 388 Å². The molecule has 0 bridgehead atoms. The van der Waals surface area contributed by atoms with E-state index in [-0.39, 0.29) is 0 Å². The van der Waals surface area contributed by atoms with Crippen LogP contribution in [0.5, 0.6) is 0 Å². The summed E-state index contributed by atoms with van der Waals surface area (Å²) in [6.45, 7) is 0. The highest BCUT2D eigenvalue weighted by atomic mass is 15.0. The predicted molar refractivity (Wildman–Crippen MR) is 540 cm³/mol. The second-order valence-electron chi connectivity index (χ2n) is 32.7. The van der Waals surface area contributed by atoms with Gasteiger partial charge >= 0.3 is 0 Å². The maximum Gasteiger partial charge on any atom is 0.164 e. The molecule has 0 spiro atoms. The minimum absolute atomic E-state index is 0.639. The van der Waals surface area contributed by atoms with Crippen molar-refractivity contribution in [1.82, 2.24) is 44.9 Å². The van der Waals surface area contributed by atoms with Crippen LogP contribution in [-0.4, -0.2) is 44.9 Å². The number of aromatic nitrogens is 9. The summed E-state index contributed by atoms with van der Waals surface area (Å²) in [5.41, 5.74) is 28.7. The summed E-state index contributed by atoms with van der Waals surface area (Å²) in [7, 11) is 0. The summed E-state index contributed by atoms with van der Waals surface area (Å²) in [4.78, 5) is 44.3. The minimum Gasteiger partial charge on any atom is -0.256 e. The molecule has 25 rings (SSSR count). The van der Waals surface area contributed by atoms with Crippen molar-refractivity contribution in [2.24, 2.45) is 0 Å². The first-order valence-corrected chi connectivity index (χ1v) is 43.7. The number of fused-ring (bicyclic) bond motifs is 12. The van der Waals surface area contributed by atoms with Crippen LogP contribution < -0.4 is 0 Å². The van der Waals surface area contributed by atoms with E-state index in [4.69, 9.17) is 29.9 Å². The summed E-state index contributed by atoms with van der Waals surface area (Å²) in [5, 5.41) is 16.4. The Labute approximate surface area is 750 Å². The van der Waals surface area contributed by atoms with E-state index in [9.17, 15) is 0 Å². The largest absolute Gasteiger partial charge is 0.256 e. The topological polar surface area (TPSA) is 116 Å². The predicted octanol–water partition coefficient (Wildman–Crippen LogP) is 31.2. The Morgan fingerprint density at radius 1 is 0.131 bits per heavy atom. The van der Waals surface area contributed by atoms with Crippen molar-refractivity contribution in [2.45, 2.75) is 0 Å². The lowest BCUT2D eigenvalue weighted by molar-refractivity contribution is 1.07. The molecule has 0 radical (unpaired) electrons. The molecule has 18 aromatic carbocycles. The third-order valence-corrected chi connectivity index (χ3v) is 24.8. The molecule has 7 heterocycles. The highest BCUT2D eigenvalue weighted by Gasteiger charge is 2.19. The van der Waals surface area contributed by atoms with E-state index < -0.39 is 0 Å². The lowest BCUT2D eigenvalue weighted by atomic mass is 9.94. The van der Waals surface area contributed by atoms with Gasteiger partial charge in [0.25, 0.3) is 0 Å². The molecular formula is C121H77N9. The van der Waals surface area contributed by atoms with Crippen molar-refractivity contribution in [3.63, 3.8) is 0 Å². The Bertz CT molecular complexity index is 8340. The van der Waals surface area contributed by atoms with Crippen LogP contribution in [0, 0.1) is 0 Å². The van der Waals surface area contributed by atoms with E-state index in [1.807, 2.05) is 42.9 Å². The van der Waals surface area contributed by atoms with E-state index in [2.05, 4.69) is 440 Å². The molecule has 9 heteroatoms. The smallest absolute Gasteiger partial charge is 0.164 e. The van der Waals surface area contributed by atoms with Crippen LogP contribution in [0.15, 0.2) is 468 Å². The van der Waals surface area contributed by atoms with Gasteiger partial charge in [-0.2, -0.15) is 0 Å². The Morgan fingerprint density at radius 2 is 0.454 bits per heavy atom. The fourth-order valence-corrected chi connectivity index (χ4v) is 18.0. The number of benzene rings is 18. The van der Waals surface area contributed by atoms with E-state index >= 15 is 0 Å². The van der Waals surface area contributed by atoms with Gasteiger partial charge in [0.15, 0.2) is 17.5 Å². The molecule has 0 aliphatic heterocycles. The number of rotatable bonds is 12. The highest BCUT2D eigenvalue weighted by Crippen LogP contribution is 2.41. The lowest BCUT2D eigenvalue weighted by Gasteiger charge is -2.13. The molecule has 7 aromatic heterocycles. The van der Waals surface area contributed by atoms with Gasteiger partial charge in [0.1, 0.15) is 0 Å². The third-order valence-electron chi connectivity index (χ3n) is 24.8. The fourth-order valence-electron chi connectivity index (χ4n) is 18.0. The average Bonchev–Trinajstić information content (AvgIpc) is 0.765. The van der Waals surface area contributed by atoms with Crippen LogP contribution >= 0.6 is 0 Å². The maximum absolute atomic E-state index is 5.22. The first-order valence-electron chi connectivity index (χ1n) is 43.7. The average molecular weight is 1660 g/mol. The zero-order valence-corrected chi connectivity index (χ0v) is 70.5. The molecule has 0 amide bonds. The van der Waals surface area contributed by atoms with Crippen molar-refractivity contribution in [1.29, 1.82) is 0 Å². The van der Waals surface area contributed by atoms with E-state index in [0.717, 1.165) is 160 Å². The highest BCUT2D eigenvalue weighted by molar-refractivity contribution is 6.07. The maximum atomic E-state index is 5.22. The standard InChI is InChI=1S/C47H31N3.C40H26N2.C34H20N4/c1-2-10-32(11-3-1)33-20-26-38(27-21-33)45-48-46(39-28-22-36(23-29-39)43-18-8-14-34-12-4-6-16-41(34)43)50-47(49-45)40-30-24-37(25-31-40)44-19-9-15-35-13-5-7-17-42(35)44;1-2-8-27(9-3-1)33-21-22-36-37(26-38(42-39(36)25-33)34-20-15-28-10-4-5-11-32(28)24-34)30-18-16-29(17-19-30)35-14-6-12-31-13-7-23-41-40(31)35;1-3-22-7-9-24-13-15-29(37-33(24)31(22)35-17-1)26-11-5-21-6-12-27(20-28(21)19-26)30-16-14-25-10-8-23-4-2-18-36-32(23)34(25)38-30/h1-31H;1-26H;1-20H. The van der Waals surface area contributed by atoms with Crippen LogP contribution in [0.4, 0.5) is 0 Å². The number of hydrogen-bond donors (Lipinski definition) is 0. The number of pyridine rings is 6. The molecule has 0 N–H and O–H groups in total. The van der Waals surface area contributed by atoms with Crippen molar-refractivity contribution >= 4 is 109 Å². The molecule has 0 atom stereocenters. The van der Waals surface area contributed by atoms with Gasteiger partial charge < -0.3 is 0 Å².